The molecule has 0 radical (unpaired) electrons. The average molecular weight is 373 g/mol. The standard InChI is InChI=1S/C25H44N2/c1-17(2)15-24(21(9)18(3)4)26-13-14-27(16-26)25-22(19(5)6)11-10-12-23(25)20(7)8/h10-12,17-21,24H,13-16H2,1-9H3. The Bertz CT molecular complexity index is 562. The maximum Gasteiger partial charge on any atom is 0.0710 e. The number of hydrogen-bond acceptors (Lipinski definition) is 2. The Kier molecular flexibility index (Phi) is 7.80. The van der Waals surface area contributed by atoms with Crippen LogP contribution in [0.3, 0.4) is 0 Å². The second kappa shape index (κ2) is 9.45. The third-order valence-electron chi connectivity index (χ3n) is 6.51. The first-order valence-corrected chi connectivity index (χ1v) is 11.2. The highest BCUT2D eigenvalue weighted by atomic mass is 15.4. The number of rotatable bonds is 8. The molecule has 0 amide bonds. The lowest BCUT2D eigenvalue weighted by molar-refractivity contribution is 0.131. The lowest BCUT2D eigenvalue weighted by Gasteiger charge is -2.36. The summed E-state index contributed by atoms with van der Waals surface area (Å²) in [4.78, 5) is 5.44. The lowest BCUT2D eigenvalue weighted by atomic mass is 9.85. The summed E-state index contributed by atoms with van der Waals surface area (Å²) < 4.78 is 0. The van der Waals surface area contributed by atoms with Gasteiger partial charge in [0.1, 0.15) is 0 Å². The van der Waals surface area contributed by atoms with Crippen molar-refractivity contribution in [2.75, 3.05) is 24.7 Å². The van der Waals surface area contributed by atoms with Crippen LogP contribution < -0.4 is 4.90 Å². The van der Waals surface area contributed by atoms with Crippen LogP contribution in [0.25, 0.3) is 0 Å². The van der Waals surface area contributed by atoms with E-state index in [9.17, 15) is 0 Å². The van der Waals surface area contributed by atoms with E-state index in [2.05, 4.69) is 90.3 Å². The largest absolute Gasteiger partial charge is 0.357 e. The molecule has 1 saturated heterocycles. The Hall–Kier alpha value is -1.02. The van der Waals surface area contributed by atoms with Gasteiger partial charge in [-0.1, -0.05) is 80.5 Å². The topological polar surface area (TPSA) is 6.48 Å². The Labute approximate surface area is 169 Å². The minimum absolute atomic E-state index is 0.564. The van der Waals surface area contributed by atoms with E-state index in [1.165, 1.54) is 29.8 Å². The minimum Gasteiger partial charge on any atom is -0.357 e. The smallest absolute Gasteiger partial charge is 0.0710 e. The summed E-state index contributed by atoms with van der Waals surface area (Å²) in [6.07, 6.45) is 1.30. The summed E-state index contributed by atoms with van der Waals surface area (Å²) in [5.74, 6) is 3.34. The summed E-state index contributed by atoms with van der Waals surface area (Å²) in [7, 11) is 0. The predicted molar refractivity (Wildman–Crippen MR) is 121 cm³/mol. The second-order valence-electron chi connectivity index (χ2n) is 10.1. The molecule has 1 aromatic carbocycles. The van der Waals surface area contributed by atoms with Crippen LogP contribution in [-0.2, 0) is 0 Å². The molecule has 1 heterocycles. The fourth-order valence-corrected chi connectivity index (χ4v) is 4.56. The van der Waals surface area contributed by atoms with Crippen LogP contribution in [0.2, 0.25) is 0 Å². The number of anilines is 1. The third kappa shape index (κ3) is 5.28. The van der Waals surface area contributed by atoms with Gasteiger partial charge in [0.05, 0.1) is 6.67 Å². The molecule has 0 N–H and O–H groups in total. The second-order valence-corrected chi connectivity index (χ2v) is 10.1. The SMILES string of the molecule is CC(C)CC(C(C)C(C)C)N1CCN(c2c(C(C)C)cccc2C(C)C)C1. The van der Waals surface area contributed by atoms with E-state index >= 15 is 0 Å². The van der Waals surface area contributed by atoms with E-state index in [0.29, 0.717) is 17.9 Å². The number of nitrogens with zero attached hydrogens (tertiary/aromatic N) is 2. The van der Waals surface area contributed by atoms with Gasteiger partial charge in [-0.2, -0.15) is 0 Å². The zero-order chi connectivity index (χ0) is 20.3. The Morgan fingerprint density at radius 1 is 0.815 bits per heavy atom. The van der Waals surface area contributed by atoms with Crippen molar-refractivity contribution in [1.29, 1.82) is 0 Å². The van der Waals surface area contributed by atoms with Gasteiger partial charge in [-0.3, -0.25) is 4.90 Å². The van der Waals surface area contributed by atoms with Crippen LogP contribution in [0, 0.1) is 17.8 Å². The van der Waals surface area contributed by atoms with Gasteiger partial charge in [-0.05, 0) is 47.1 Å². The van der Waals surface area contributed by atoms with Gasteiger partial charge in [-0.15, -0.1) is 0 Å². The summed E-state index contributed by atoms with van der Waals surface area (Å²) in [5.41, 5.74) is 4.55. The monoisotopic (exact) mass is 372 g/mol. The normalized spacial score (nSPS) is 18.3. The van der Waals surface area contributed by atoms with Gasteiger partial charge >= 0.3 is 0 Å². The molecular formula is C25H44N2. The van der Waals surface area contributed by atoms with Gasteiger partial charge in [0.15, 0.2) is 0 Å². The summed E-state index contributed by atoms with van der Waals surface area (Å²) in [6, 6.07) is 7.63. The molecule has 0 spiro atoms. The van der Waals surface area contributed by atoms with Crippen LogP contribution >= 0.6 is 0 Å². The highest BCUT2D eigenvalue weighted by Crippen LogP contribution is 2.37. The van der Waals surface area contributed by atoms with E-state index in [0.717, 1.165) is 31.0 Å². The highest BCUT2D eigenvalue weighted by Gasteiger charge is 2.33. The highest BCUT2D eigenvalue weighted by molar-refractivity contribution is 5.62. The van der Waals surface area contributed by atoms with Gasteiger partial charge in [0.25, 0.3) is 0 Å². The van der Waals surface area contributed by atoms with Crippen molar-refractivity contribution in [3.8, 4) is 0 Å². The Morgan fingerprint density at radius 3 is 1.81 bits per heavy atom. The molecule has 2 atom stereocenters. The molecule has 2 heteroatoms. The zero-order valence-electron chi connectivity index (χ0n) is 19.4. The average Bonchev–Trinajstić information content (AvgIpc) is 3.07. The quantitative estimate of drug-likeness (QED) is 0.500. The number of benzene rings is 1. The first kappa shape index (κ1) is 22.3. The van der Waals surface area contributed by atoms with Crippen LogP contribution in [-0.4, -0.2) is 30.7 Å². The molecule has 0 saturated carbocycles. The maximum absolute atomic E-state index is 2.77. The number of hydrogen-bond donors (Lipinski definition) is 0. The molecular weight excluding hydrogens is 328 g/mol. The summed E-state index contributed by atoms with van der Waals surface area (Å²) >= 11 is 0. The summed E-state index contributed by atoms with van der Waals surface area (Å²) in [5, 5.41) is 0. The van der Waals surface area contributed by atoms with Crippen molar-refractivity contribution in [1.82, 2.24) is 4.90 Å². The van der Waals surface area contributed by atoms with Crippen molar-refractivity contribution in [3.63, 3.8) is 0 Å². The molecule has 0 aromatic heterocycles. The van der Waals surface area contributed by atoms with Crippen LogP contribution in [0.1, 0.15) is 91.7 Å². The van der Waals surface area contributed by atoms with Crippen molar-refractivity contribution in [2.45, 2.75) is 86.6 Å². The van der Waals surface area contributed by atoms with Gasteiger partial charge < -0.3 is 4.90 Å². The van der Waals surface area contributed by atoms with Gasteiger partial charge in [0, 0.05) is 24.8 Å². The first-order valence-electron chi connectivity index (χ1n) is 11.2. The third-order valence-corrected chi connectivity index (χ3v) is 6.51. The van der Waals surface area contributed by atoms with Crippen molar-refractivity contribution < 1.29 is 0 Å². The molecule has 154 valence electrons. The molecule has 1 aliphatic rings. The van der Waals surface area contributed by atoms with E-state index in [4.69, 9.17) is 0 Å². The van der Waals surface area contributed by atoms with E-state index in [1.54, 1.807) is 0 Å². The molecule has 1 aromatic rings. The summed E-state index contributed by atoms with van der Waals surface area (Å²) in [6.45, 7) is 24.7. The molecule has 0 bridgehead atoms. The maximum atomic E-state index is 2.77. The number of para-hydroxylation sites is 1. The van der Waals surface area contributed by atoms with Crippen molar-refractivity contribution in [3.05, 3.63) is 29.3 Å². The lowest BCUT2D eigenvalue weighted by Crippen LogP contribution is -2.42. The van der Waals surface area contributed by atoms with Crippen molar-refractivity contribution >= 4 is 5.69 Å². The van der Waals surface area contributed by atoms with Crippen LogP contribution in [0.5, 0.6) is 0 Å². The zero-order valence-corrected chi connectivity index (χ0v) is 19.4. The molecule has 2 nitrogen and oxygen atoms in total. The molecule has 1 fully saturated rings. The molecule has 0 aliphatic carbocycles. The van der Waals surface area contributed by atoms with E-state index < -0.39 is 0 Å². The first-order chi connectivity index (χ1) is 12.6. The minimum atomic E-state index is 0.564. The fourth-order valence-electron chi connectivity index (χ4n) is 4.56. The fraction of sp³-hybridized carbons (Fsp3) is 0.760. The Balaban J connectivity index is 2.31. The van der Waals surface area contributed by atoms with Gasteiger partial charge in [0.2, 0.25) is 0 Å². The van der Waals surface area contributed by atoms with Crippen molar-refractivity contribution in [2.24, 2.45) is 17.8 Å². The Morgan fingerprint density at radius 2 is 1.37 bits per heavy atom. The molecule has 2 unspecified atom stereocenters. The molecule has 2 rings (SSSR count). The molecule has 27 heavy (non-hydrogen) atoms. The van der Waals surface area contributed by atoms with E-state index in [-0.39, 0.29) is 0 Å². The molecule has 1 aliphatic heterocycles. The predicted octanol–water partition coefficient (Wildman–Crippen LogP) is 6.72. The van der Waals surface area contributed by atoms with Crippen LogP contribution in [0.4, 0.5) is 5.69 Å². The van der Waals surface area contributed by atoms with Crippen LogP contribution in [0.15, 0.2) is 18.2 Å². The van der Waals surface area contributed by atoms with Gasteiger partial charge in [-0.25, -0.2) is 0 Å². The van der Waals surface area contributed by atoms with E-state index in [1.807, 2.05) is 0 Å².